The lowest BCUT2D eigenvalue weighted by Gasteiger charge is -2.22. The monoisotopic (exact) mass is 504 g/mol. The first kappa shape index (κ1) is 24.1. The van der Waals surface area contributed by atoms with Gasteiger partial charge in [-0.05, 0) is 51.9 Å². The van der Waals surface area contributed by atoms with E-state index in [-0.39, 0.29) is 5.69 Å². The highest BCUT2D eigenvalue weighted by molar-refractivity contribution is 5.80. The molecule has 0 aliphatic heterocycles. The number of aromatic nitrogens is 6. The van der Waals surface area contributed by atoms with E-state index in [0.717, 1.165) is 41.5 Å². The topological polar surface area (TPSA) is 81.4 Å². The number of H-pyrrole nitrogens is 1. The van der Waals surface area contributed by atoms with Crippen molar-refractivity contribution in [2.45, 2.75) is 57.5 Å². The molecule has 7 heteroatoms. The van der Waals surface area contributed by atoms with Crippen LogP contribution >= 0.6 is 0 Å². The van der Waals surface area contributed by atoms with Gasteiger partial charge in [-0.3, -0.25) is 9.13 Å². The predicted molar refractivity (Wildman–Crippen MR) is 149 cm³/mol. The third kappa shape index (κ3) is 5.09. The average molecular weight is 505 g/mol. The van der Waals surface area contributed by atoms with Crippen LogP contribution in [-0.4, -0.2) is 29.8 Å². The molecule has 1 N–H and O–H groups in total. The van der Waals surface area contributed by atoms with Gasteiger partial charge < -0.3 is 0 Å². The van der Waals surface area contributed by atoms with Crippen molar-refractivity contribution in [2.24, 2.45) is 0 Å². The van der Waals surface area contributed by atoms with Gasteiger partial charge in [-0.15, -0.1) is 5.10 Å². The number of hydrogen-bond acceptors (Lipinski definition) is 4. The first-order valence-electron chi connectivity index (χ1n) is 13.5. The van der Waals surface area contributed by atoms with E-state index in [1.54, 1.807) is 0 Å². The van der Waals surface area contributed by atoms with E-state index in [1.807, 2.05) is 33.4 Å². The highest BCUT2D eigenvalue weighted by Crippen LogP contribution is 2.33. The summed E-state index contributed by atoms with van der Waals surface area (Å²) in [5, 5.41) is 14.4. The Morgan fingerprint density at radius 1 is 0.816 bits per heavy atom. The van der Waals surface area contributed by atoms with Gasteiger partial charge in [-0.1, -0.05) is 98.1 Å². The minimum absolute atomic E-state index is 0.0914. The Labute approximate surface area is 222 Å². The molecule has 0 saturated heterocycles. The number of aryl methyl sites for hydroxylation is 2. The van der Waals surface area contributed by atoms with Crippen molar-refractivity contribution in [1.82, 2.24) is 29.8 Å². The van der Waals surface area contributed by atoms with Crippen LogP contribution in [0.3, 0.4) is 0 Å². The second-order valence-corrected chi connectivity index (χ2v) is 10.2. The molecule has 0 atom stereocenters. The first-order valence-corrected chi connectivity index (χ1v) is 13.5. The zero-order chi connectivity index (χ0) is 25.7. The van der Waals surface area contributed by atoms with Crippen LogP contribution in [0.2, 0.25) is 0 Å². The maximum absolute atomic E-state index is 13.6. The summed E-state index contributed by atoms with van der Waals surface area (Å²) in [6.07, 6.45) is 9.08. The molecular weight excluding hydrogens is 472 g/mol. The number of benzene rings is 3. The van der Waals surface area contributed by atoms with Crippen molar-refractivity contribution in [3.05, 3.63) is 112 Å². The van der Waals surface area contributed by atoms with Gasteiger partial charge >= 0.3 is 5.69 Å². The first-order chi connectivity index (χ1) is 18.8. The van der Waals surface area contributed by atoms with E-state index in [0.29, 0.717) is 24.8 Å². The Bertz CT molecular complexity index is 1530. The summed E-state index contributed by atoms with van der Waals surface area (Å²) >= 11 is 0. The van der Waals surface area contributed by atoms with Crippen molar-refractivity contribution in [3.63, 3.8) is 0 Å². The van der Waals surface area contributed by atoms with Crippen molar-refractivity contribution in [1.29, 1.82) is 0 Å². The average Bonchev–Trinajstić information content (AvgIpc) is 3.62. The molecule has 1 fully saturated rings. The van der Waals surface area contributed by atoms with E-state index in [9.17, 15) is 4.79 Å². The Morgan fingerprint density at radius 2 is 1.55 bits per heavy atom. The third-order valence-electron chi connectivity index (χ3n) is 7.72. The zero-order valence-electron chi connectivity index (χ0n) is 21.5. The number of nitrogens with one attached hydrogen (secondary N) is 1. The van der Waals surface area contributed by atoms with Crippen LogP contribution in [0.5, 0.6) is 0 Å². The summed E-state index contributed by atoms with van der Waals surface area (Å²) in [6.45, 7) is 1.28. The van der Waals surface area contributed by atoms with Crippen molar-refractivity contribution < 1.29 is 0 Å². The highest BCUT2D eigenvalue weighted by atomic mass is 16.1. The van der Waals surface area contributed by atoms with Crippen LogP contribution in [-0.2, 0) is 19.5 Å². The number of aromatic amines is 1. The summed E-state index contributed by atoms with van der Waals surface area (Å²) in [6, 6.07) is 27.0. The standard InChI is InChI=1S/C31H32N6O/c38-31-36(20-19-23-9-3-1-4-10-23)22-29(26-11-5-2-6-12-26)37(31)21-24-15-17-25(18-16-24)27-13-7-8-14-28(27)30-32-34-35-33-30/h1,3-4,7-10,13-18,22,26H,2,5-6,11-12,19-21H2,(H,32,33,34,35). The molecule has 5 aromatic rings. The second kappa shape index (κ2) is 11.0. The van der Waals surface area contributed by atoms with Gasteiger partial charge in [0.1, 0.15) is 0 Å². The van der Waals surface area contributed by atoms with E-state index in [2.05, 4.69) is 81.4 Å². The van der Waals surface area contributed by atoms with Crippen LogP contribution in [0.25, 0.3) is 22.5 Å². The molecule has 1 aliphatic rings. The number of hydrogen-bond donors (Lipinski definition) is 1. The molecule has 3 aromatic carbocycles. The van der Waals surface area contributed by atoms with Gasteiger partial charge in [-0.25, -0.2) is 9.89 Å². The van der Waals surface area contributed by atoms with Crippen LogP contribution < -0.4 is 5.69 Å². The molecule has 0 unspecified atom stereocenters. The molecule has 2 aromatic heterocycles. The summed E-state index contributed by atoms with van der Waals surface area (Å²) in [7, 11) is 0. The molecule has 0 spiro atoms. The second-order valence-electron chi connectivity index (χ2n) is 10.2. The maximum atomic E-state index is 13.6. The molecule has 0 amide bonds. The summed E-state index contributed by atoms with van der Waals surface area (Å²) < 4.78 is 3.94. The fraction of sp³-hybridized carbons (Fsp3) is 0.290. The quantitative estimate of drug-likeness (QED) is 0.288. The SMILES string of the molecule is O=c1n(CCc2ccccc2)cc(C2CCCCC2)n1Cc1ccc(-c2ccccc2-c2nnn[nH]2)cc1. The Balaban J connectivity index is 1.28. The Kier molecular flexibility index (Phi) is 6.98. The lowest BCUT2D eigenvalue weighted by Crippen LogP contribution is -2.27. The lowest BCUT2D eigenvalue weighted by molar-refractivity contribution is 0.425. The van der Waals surface area contributed by atoms with E-state index in [4.69, 9.17) is 0 Å². The van der Waals surface area contributed by atoms with E-state index < -0.39 is 0 Å². The molecule has 1 saturated carbocycles. The molecule has 0 bridgehead atoms. The predicted octanol–water partition coefficient (Wildman–Crippen LogP) is 5.84. The molecule has 0 radical (unpaired) electrons. The fourth-order valence-electron chi connectivity index (χ4n) is 5.67. The van der Waals surface area contributed by atoms with Gasteiger partial charge in [0.05, 0.1) is 6.54 Å². The van der Waals surface area contributed by atoms with Gasteiger partial charge in [0.15, 0.2) is 5.82 Å². The molecule has 6 rings (SSSR count). The third-order valence-corrected chi connectivity index (χ3v) is 7.72. The summed E-state index contributed by atoms with van der Waals surface area (Å²) in [4.78, 5) is 13.6. The van der Waals surface area contributed by atoms with Gasteiger partial charge in [-0.2, -0.15) is 0 Å². The number of tetrazole rings is 1. The van der Waals surface area contributed by atoms with Crippen molar-refractivity contribution in [3.8, 4) is 22.5 Å². The molecule has 1 aliphatic carbocycles. The maximum Gasteiger partial charge on any atom is 0.328 e. The highest BCUT2D eigenvalue weighted by Gasteiger charge is 2.22. The summed E-state index contributed by atoms with van der Waals surface area (Å²) in [5.41, 5.74) is 6.75. The molecule has 38 heavy (non-hydrogen) atoms. The van der Waals surface area contributed by atoms with E-state index in [1.165, 1.54) is 30.5 Å². The van der Waals surface area contributed by atoms with Gasteiger partial charge in [0.2, 0.25) is 0 Å². The van der Waals surface area contributed by atoms with Gasteiger partial charge in [0, 0.05) is 29.9 Å². The van der Waals surface area contributed by atoms with Crippen LogP contribution in [0.4, 0.5) is 0 Å². The molecule has 2 heterocycles. The van der Waals surface area contributed by atoms with Gasteiger partial charge in [0.25, 0.3) is 0 Å². The lowest BCUT2D eigenvalue weighted by atomic mass is 9.87. The molecular formula is C31H32N6O. The Morgan fingerprint density at radius 3 is 2.29 bits per heavy atom. The van der Waals surface area contributed by atoms with Crippen molar-refractivity contribution in [2.75, 3.05) is 0 Å². The number of rotatable bonds is 8. The minimum Gasteiger partial charge on any atom is -0.299 e. The number of nitrogens with zero attached hydrogens (tertiary/aromatic N) is 5. The number of imidazole rings is 1. The Hall–Kier alpha value is -4.26. The van der Waals surface area contributed by atoms with Crippen molar-refractivity contribution >= 4 is 0 Å². The molecule has 7 nitrogen and oxygen atoms in total. The smallest absolute Gasteiger partial charge is 0.299 e. The van der Waals surface area contributed by atoms with Crippen LogP contribution in [0.15, 0.2) is 89.9 Å². The zero-order valence-corrected chi connectivity index (χ0v) is 21.5. The molecule has 192 valence electrons. The van der Waals surface area contributed by atoms with Crippen LogP contribution in [0, 0.1) is 0 Å². The normalized spacial score (nSPS) is 14.1. The van der Waals surface area contributed by atoms with E-state index >= 15 is 0 Å². The summed E-state index contributed by atoms with van der Waals surface area (Å²) in [5.74, 6) is 1.10. The minimum atomic E-state index is 0.0914. The fourth-order valence-corrected chi connectivity index (χ4v) is 5.67. The van der Waals surface area contributed by atoms with Crippen LogP contribution in [0.1, 0.15) is 54.8 Å². The largest absolute Gasteiger partial charge is 0.328 e.